The second-order valence-corrected chi connectivity index (χ2v) is 12.3. The summed E-state index contributed by atoms with van der Waals surface area (Å²) in [5.41, 5.74) is 7.99. The Balaban J connectivity index is 1.20. The van der Waals surface area contributed by atoms with Gasteiger partial charge in [-0.15, -0.1) is 0 Å². The van der Waals surface area contributed by atoms with Crippen molar-refractivity contribution in [3.8, 4) is 51.0 Å². The minimum Gasteiger partial charge on any atom is -0.485 e. The molecule has 5 heteroatoms. The minimum atomic E-state index is 0.0218. The summed E-state index contributed by atoms with van der Waals surface area (Å²) in [5, 5.41) is 4.24. The second kappa shape index (κ2) is 10.6. The van der Waals surface area contributed by atoms with Crippen LogP contribution in [0.15, 0.2) is 156 Å². The second-order valence-electron chi connectivity index (χ2n) is 12.3. The van der Waals surface area contributed by atoms with Gasteiger partial charge in [0.05, 0.1) is 0 Å². The third-order valence-electron chi connectivity index (χ3n) is 9.51. The Morgan fingerprint density at radius 2 is 1.08 bits per heavy atom. The van der Waals surface area contributed by atoms with E-state index >= 15 is 0 Å². The number of hydrogen-bond donors (Lipinski definition) is 0. The third kappa shape index (κ3) is 4.14. The number of para-hydroxylation sites is 1. The van der Waals surface area contributed by atoms with Crippen LogP contribution in [0.4, 0.5) is 0 Å². The van der Waals surface area contributed by atoms with Gasteiger partial charge in [-0.05, 0) is 46.2 Å². The van der Waals surface area contributed by atoms with E-state index in [1.54, 1.807) is 0 Å². The van der Waals surface area contributed by atoms with Gasteiger partial charge in [-0.3, -0.25) is 0 Å². The molecule has 226 valence electrons. The molecule has 0 radical (unpaired) electrons. The molecule has 8 aromatic rings. The van der Waals surface area contributed by atoms with Crippen molar-refractivity contribution in [2.75, 3.05) is 0 Å². The molecule has 5 nitrogen and oxygen atoms in total. The van der Waals surface area contributed by atoms with Crippen molar-refractivity contribution in [3.05, 3.63) is 157 Å². The fourth-order valence-corrected chi connectivity index (χ4v) is 7.37. The molecular formula is C43H27N3O2. The summed E-state index contributed by atoms with van der Waals surface area (Å²) in [5.74, 6) is 2.97. The number of rotatable bonds is 4. The zero-order valence-corrected chi connectivity index (χ0v) is 25.7. The van der Waals surface area contributed by atoms with Crippen LogP contribution < -0.4 is 4.74 Å². The van der Waals surface area contributed by atoms with E-state index in [4.69, 9.17) is 24.1 Å². The lowest BCUT2D eigenvalue weighted by atomic mass is 9.85. The maximum atomic E-state index is 6.37. The zero-order valence-electron chi connectivity index (χ0n) is 25.7. The number of nitrogens with zero attached hydrogens (tertiary/aromatic N) is 3. The van der Waals surface area contributed by atoms with Crippen molar-refractivity contribution in [3.63, 3.8) is 0 Å². The Kier molecular flexibility index (Phi) is 5.93. The van der Waals surface area contributed by atoms with Gasteiger partial charge >= 0.3 is 0 Å². The van der Waals surface area contributed by atoms with Crippen LogP contribution >= 0.6 is 0 Å². The molecule has 1 aliphatic carbocycles. The molecule has 0 saturated carbocycles. The Morgan fingerprint density at radius 1 is 0.458 bits per heavy atom. The molecule has 10 rings (SSSR count). The van der Waals surface area contributed by atoms with Crippen LogP contribution in [0, 0.1) is 0 Å². The molecule has 6 aromatic carbocycles. The van der Waals surface area contributed by atoms with Crippen LogP contribution in [0.1, 0.15) is 11.5 Å². The first-order valence-corrected chi connectivity index (χ1v) is 16.2. The van der Waals surface area contributed by atoms with Gasteiger partial charge in [0.25, 0.3) is 0 Å². The highest BCUT2D eigenvalue weighted by molar-refractivity contribution is 6.12. The molecule has 2 unspecified atom stereocenters. The third-order valence-corrected chi connectivity index (χ3v) is 9.51. The smallest absolute Gasteiger partial charge is 0.164 e. The summed E-state index contributed by atoms with van der Waals surface area (Å²) in [7, 11) is 0. The monoisotopic (exact) mass is 617 g/mol. The van der Waals surface area contributed by atoms with Crippen molar-refractivity contribution in [2.45, 2.75) is 12.0 Å². The Morgan fingerprint density at radius 3 is 1.98 bits per heavy atom. The highest BCUT2D eigenvalue weighted by Crippen LogP contribution is 2.48. The Bertz CT molecular complexity index is 2620. The van der Waals surface area contributed by atoms with E-state index in [0.717, 1.165) is 60.7 Å². The largest absolute Gasteiger partial charge is 0.485 e. The number of allylic oxidation sites excluding steroid dienone is 2. The lowest BCUT2D eigenvalue weighted by molar-refractivity contribution is 0.269. The number of aromatic nitrogens is 3. The van der Waals surface area contributed by atoms with Crippen molar-refractivity contribution in [1.29, 1.82) is 0 Å². The van der Waals surface area contributed by atoms with E-state index in [-0.39, 0.29) is 12.0 Å². The van der Waals surface area contributed by atoms with E-state index in [9.17, 15) is 0 Å². The van der Waals surface area contributed by atoms with E-state index in [0.29, 0.717) is 17.5 Å². The quantitative estimate of drug-likeness (QED) is 0.197. The average Bonchev–Trinajstić information content (AvgIpc) is 3.73. The first-order chi connectivity index (χ1) is 23.8. The molecular weight excluding hydrogens is 590 g/mol. The van der Waals surface area contributed by atoms with Crippen LogP contribution in [-0.2, 0) is 0 Å². The van der Waals surface area contributed by atoms with Gasteiger partial charge in [0.1, 0.15) is 23.0 Å². The van der Waals surface area contributed by atoms with Gasteiger partial charge < -0.3 is 9.15 Å². The molecule has 0 amide bonds. The fourth-order valence-electron chi connectivity index (χ4n) is 7.37. The maximum absolute atomic E-state index is 6.37. The molecule has 3 heterocycles. The van der Waals surface area contributed by atoms with Crippen molar-refractivity contribution < 1.29 is 9.15 Å². The lowest BCUT2D eigenvalue weighted by Gasteiger charge is -2.17. The summed E-state index contributed by atoms with van der Waals surface area (Å²) < 4.78 is 12.6. The summed E-state index contributed by atoms with van der Waals surface area (Å²) in [6.07, 6.45) is 8.60. The Labute approximate surface area is 276 Å². The van der Waals surface area contributed by atoms with Gasteiger partial charge in [-0.2, -0.15) is 0 Å². The molecule has 2 atom stereocenters. The summed E-state index contributed by atoms with van der Waals surface area (Å²) >= 11 is 0. The van der Waals surface area contributed by atoms with Crippen LogP contribution in [-0.4, -0.2) is 21.1 Å². The maximum Gasteiger partial charge on any atom is 0.164 e. The number of fused-ring (bicyclic) bond motifs is 7. The van der Waals surface area contributed by atoms with E-state index < -0.39 is 0 Å². The molecule has 0 N–H and O–H groups in total. The van der Waals surface area contributed by atoms with Crippen LogP contribution in [0.5, 0.6) is 5.75 Å². The van der Waals surface area contributed by atoms with Gasteiger partial charge in [-0.1, -0.05) is 127 Å². The number of furan rings is 1. The van der Waals surface area contributed by atoms with Crippen molar-refractivity contribution in [2.24, 2.45) is 0 Å². The topological polar surface area (TPSA) is 61.0 Å². The number of hydrogen-bond acceptors (Lipinski definition) is 5. The van der Waals surface area contributed by atoms with Gasteiger partial charge in [-0.25, -0.2) is 15.0 Å². The van der Waals surface area contributed by atoms with E-state index in [1.807, 2.05) is 60.7 Å². The Hall–Kier alpha value is -6.33. The normalized spacial score (nSPS) is 16.3. The molecule has 0 bridgehead atoms. The fraction of sp³-hybridized carbons (Fsp3) is 0.0465. The van der Waals surface area contributed by atoms with Gasteiger partial charge in [0.2, 0.25) is 0 Å². The van der Waals surface area contributed by atoms with Gasteiger partial charge in [0.15, 0.2) is 17.5 Å². The molecule has 2 aromatic heterocycles. The van der Waals surface area contributed by atoms with Gasteiger partial charge in [0, 0.05) is 38.9 Å². The van der Waals surface area contributed by atoms with Crippen LogP contribution in [0.25, 0.3) is 78.0 Å². The van der Waals surface area contributed by atoms with Crippen molar-refractivity contribution >= 4 is 32.7 Å². The van der Waals surface area contributed by atoms with E-state index in [2.05, 4.69) is 91.0 Å². The first kappa shape index (κ1) is 26.8. The average molecular weight is 618 g/mol. The highest BCUT2D eigenvalue weighted by atomic mass is 16.5. The zero-order chi connectivity index (χ0) is 31.6. The molecule has 0 saturated heterocycles. The number of benzene rings is 6. The SMILES string of the molecule is C1=CC2Oc3cccc(-c4cccc5c(-c6nc(-c7ccccc7)nc(-c7cccc8oc9ccccc9c78)n6)cccc45)c3C2C=C1. The minimum absolute atomic E-state index is 0.0218. The lowest BCUT2D eigenvalue weighted by Crippen LogP contribution is -2.15. The molecule has 1 aliphatic heterocycles. The number of ether oxygens (including phenoxy) is 1. The van der Waals surface area contributed by atoms with Crippen LogP contribution in [0.2, 0.25) is 0 Å². The summed E-state index contributed by atoms with van der Waals surface area (Å²) in [6, 6.07) is 43.6. The summed E-state index contributed by atoms with van der Waals surface area (Å²) in [4.78, 5) is 15.4. The van der Waals surface area contributed by atoms with Crippen molar-refractivity contribution in [1.82, 2.24) is 15.0 Å². The highest BCUT2D eigenvalue weighted by Gasteiger charge is 2.34. The molecule has 0 fully saturated rings. The predicted octanol–water partition coefficient (Wildman–Crippen LogP) is 10.6. The molecule has 2 aliphatic rings. The van der Waals surface area contributed by atoms with E-state index in [1.165, 1.54) is 11.1 Å². The first-order valence-electron chi connectivity index (χ1n) is 16.2. The standard InChI is InChI=1S/C43H27N3O2/c1-2-12-26(13-3-1)41-44-42(46-43(45-41)34-21-11-25-38-40(34)33-15-5-7-23-36(33)48-38)31-20-9-16-27-28(17-8-18-29(27)31)30-19-10-24-37-39(30)32-14-4-6-22-35(32)47-37/h1-25,32,35H. The molecule has 48 heavy (non-hydrogen) atoms. The molecule has 0 spiro atoms. The summed E-state index contributed by atoms with van der Waals surface area (Å²) in [6.45, 7) is 0. The van der Waals surface area contributed by atoms with Crippen LogP contribution in [0.3, 0.4) is 0 Å². The predicted molar refractivity (Wildman–Crippen MR) is 192 cm³/mol.